The van der Waals surface area contributed by atoms with Gasteiger partial charge in [0.25, 0.3) is 5.56 Å². The van der Waals surface area contributed by atoms with Crippen LogP contribution in [0.4, 0.5) is 0 Å². The molecule has 0 unspecified atom stereocenters. The highest BCUT2D eigenvalue weighted by atomic mass is 79.9. The molecule has 1 aliphatic rings. The van der Waals surface area contributed by atoms with Crippen LogP contribution >= 0.6 is 15.9 Å². The Morgan fingerprint density at radius 1 is 1.03 bits per heavy atom. The van der Waals surface area contributed by atoms with Crippen LogP contribution in [0.5, 0.6) is 0 Å². The molecule has 1 N–H and O–H groups in total. The van der Waals surface area contributed by atoms with E-state index in [1.54, 1.807) is 0 Å². The van der Waals surface area contributed by atoms with E-state index in [4.69, 9.17) is 4.74 Å². The molecule has 7 heteroatoms. The molecule has 146 valence electrons. The highest BCUT2D eigenvalue weighted by Gasteiger charge is 2.45. The molecule has 1 atom stereocenters. The fourth-order valence-corrected chi connectivity index (χ4v) is 3.86. The first-order chi connectivity index (χ1) is 13.9. The van der Waals surface area contributed by atoms with Gasteiger partial charge in [0.2, 0.25) is 0 Å². The van der Waals surface area contributed by atoms with Crippen molar-refractivity contribution in [3.8, 4) is 11.1 Å². The Morgan fingerprint density at radius 3 is 2.31 bits per heavy atom. The van der Waals surface area contributed by atoms with Crippen molar-refractivity contribution in [3.63, 3.8) is 0 Å². The number of rotatable bonds is 4. The van der Waals surface area contributed by atoms with Crippen molar-refractivity contribution in [1.82, 2.24) is 9.55 Å². The zero-order valence-corrected chi connectivity index (χ0v) is 16.9. The van der Waals surface area contributed by atoms with Crippen LogP contribution in [0.25, 0.3) is 11.1 Å². The third-order valence-electron chi connectivity index (χ3n) is 4.99. The SMILES string of the molecule is C=C1C[C@@](Cn2cc(Br)c(=O)[nH]c2=O)(c2ccc(-c3ccccc3)cc2)OC1=O. The van der Waals surface area contributed by atoms with Gasteiger partial charge in [-0.15, -0.1) is 0 Å². The molecule has 4 rings (SSSR count). The van der Waals surface area contributed by atoms with Gasteiger partial charge in [-0.25, -0.2) is 9.59 Å². The largest absolute Gasteiger partial charge is 0.449 e. The molecule has 0 amide bonds. The first-order valence-electron chi connectivity index (χ1n) is 8.94. The molecule has 2 heterocycles. The van der Waals surface area contributed by atoms with Gasteiger partial charge in [-0.3, -0.25) is 14.3 Å². The number of ether oxygens (including phenoxy) is 1. The van der Waals surface area contributed by atoms with Gasteiger partial charge in [0.15, 0.2) is 5.60 Å². The average Bonchev–Trinajstić information content (AvgIpc) is 3.01. The number of carbonyl (C=O) groups is 1. The number of esters is 1. The molecule has 0 bridgehead atoms. The van der Waals surface area contributed by atoms with Gasteiger partial charge >= 0.3 is 11.7 Å². The van der Waals surface area contributed by atoms with Gasteiger partial charge in [0.1, 0.15) is 0 Å². The number of carbonyl (C=O) groups excluding carboxylic acids is 1. The molecule has 0 radical (unpaired) electrons. The van der Waals surface area contributed by atoms with Crippen molar-refractivity contribution in [2.45, 2.75) is 18.6 Å². The topological polar surface area (TPSA) is 81.2 Å². The standard InChI is InChI=1S/C22H17BrN2O4/c1-14-11-22(29-20(14)27,13-25-12-18(23)19(26)24-21(25)28)17-9-7-16(8-10-17)15-5-3-2-4-6-15/h2-10,12H,1,11,13H2,(H,24,26,28)/t22-/m1/s1. The normalized spacial score (nSPS) is 18.7. The van der Waals surface area contributed by atoms with Crippen LogP contribution in [0, 0.1) is 0 Å². The Balaban J connectivity index is 1.76. The minimum absolute atomic E-state index is 0.0522. The van der Waals surface area contributed by atoms with Crippen LogP contribution < -0.4 is 11.2 Å². The van der Waals surface area contributed by atoms with E-state index >= 15 is 0 Å². The van der Waals surface area contributed by atoms with Crippen molar-refractivity contribution >= 4 is 21.9 Å². The quantitative estimate of drug-likeness (QED) is 0.485. The Hall–Kier alpha value is -3.19. The molecule has 6 nitrogen and oxygen atoms in total. The Kier molecular flexibility index (Phi) is 4.84. The maximum absolute atomic E-state index is 12.3. The van der Waals surface area contributed by atoms with Crippen LogP contribution in [-0.4, -0.2) is 15.5 Å². The van der Waals surface area contributed by atoms with Crippen LogP contribution in [-0.2, 0) is 21.7 Å². The number of aromatic amines is 1. The number of aromatic nitrogens is 2. The van der Waals surface area contributed by atoms with Crippen molar-refractivity contribution in [2.75, 3.05) is 0 Å². The van der Waals surface area contributed by atoms with E-state index in [0.717, 1.165) is 16.7 Å². The zero-order valence-electron chi connectivity index (χ0n) is 15.4. The van der Waals surface area contributed by atoms with Crippen LogP contribution in [0.15, 0.2) is 87.0 Å². The number of hydrogen-bond donors (Lipinski definition) is 1. The summed E-state index contributed by atoms with van der Waals surface area (Å²) in [5, 5.41) is 0. The number of cyclic esters (lactones) is 1. The lowest BCUT2D eigenvalue weighted by molar-refractivity contribution is -0.148. The number of halogens is 1. The van der Waals surface area contributed by atoms with E-state index in [9.17, 15) is 14.4 Å². The monoisotopic (exact) mass is 452 g/mol. The predicted molar refractivity (Wildman–Crippen MR) is 112 cm³/mol. The summed E-state index contributed by atoms with van der Waals surface area (Å²) in [6.07, 6.45) is 1.65. The van der Waals surface area contributed by atoms with Gasteiger partial charge in [0.05, 0.1) is 11.0 Å². The summed E-state index contributed by atoms with van der Waals surface area (Å²) in [4.78, 5) is 38.3. The Labute approximate surface area is 174 Å². The van der Waals surface area contributed by atoms with Gasteiger partial charge in [-0.2, -0.15) is 0 Å². The second-order valence-corrected chi connectivity index (χ2v) is 7.83. The average molecular weight is 453 g/mol. The summed E-state index contributed by atoms with van der Waals surface area (Å²) < 4.78 is 7.26. The number of benzene rings is 2. The maximum Gasteiger partial charge on any atom is 0.334 e. The van der Waals surface area contributed by atoms with E-state index in [2.05, 4.69) is 27.5 Å². The molecule has 1 saturated heterocycles. The summed E-state index contributed by atoms with van der Waals surface area (Å²) in [6, 6.07) is 17.6. The summed E-state index contributed by atoms with van der Waals surface area (Å²) >= 11 is 3.13. The molecule has 3 aromatic rings. The zero-order chi connectivity index (χ0) is 20.6. The smallest absolute Gasteiger partial charge is 0.334 e. The van der Waals surface area contributed by atoms with Gasteiger partial charge in [0, 0.05) is 18.2 Å². The van der Waals surface area contributed by atoms with Crippen molar-refractivity contribution < 1.29 is 9.53 Å². The van der Waals surface area contributed by atoms with E-state index in [-0.39, 0.29) is 17.4 Å². The fourth-order valence-electron chi connectivity index (χ4n) is 3.52. The third-order valence-corrected chi connectivity index (χ3v) is 5.55. The minimum Gasteiger partial charge on any atom is -0.449 e. The van der Waals surface area contributed by atoms with Crippen LogP contribution in [0.1, 0.15) is 12.0 Å². The molecule has 0 spiro atoms. The molecule has 29 heavy (non-hydrogen) atoms. The van der Waals surface area contributed by atoms with Crippen LogP contribution in [0.3, 0.4) is 0 Å². The van der Waals surface area contributed by atoms with Crippen molar-refractivity contribution in [1.29, 1.82) is 0 Å². The third kappa shape index (κ3) is 3.61. The molecular formula is C22H17BrN2O4. The van der Waals surface area contributed by atoms with Gasteiger partial charge in [-0.1, -0.05) is 61.2 Å². The molecule has 1 aliphatic heterocycles. The fraction of sp³-hybridized carbons (Fsp3) is 0.136. The van der Waals surface area contributed by atoms with E-state index in [0.29, 0.717) is 5.57 Å². The number of nitrogens with one attached hydrogen (secondary N) is 1. The maximum atomic E-state index is 12.3. The first-order valence-corrected chi connectivity index (χ1v) is 9.74. The van der Waals surface area contributed by atoms with Gasteiger partial charge in [-0.05, 0) is 32.6 Å². The lowest BCUT2D eigenvalue weighted by atomic mass is 9.88. The Morgan fingerprint density at radius 2 is 1.69 bits per heavy atom. The molecule has 1 fully saturated rings. The van der Waals surface area contributed by atoms with Crippen molar-refractivity contribution in [3.05, 3.63) is 104 Å². The number of H-pyrrole nitrogens is 1. The lowest BCUT2D eigenvalue weighted by Gasteiger charge is -2.28. The van der Waals surface area contributed by atoms with Gasteiger partial charge < -0.3 is 4.74 Å². The second-order valence-electron chi connectivity index (χ2n) is 6.97. The second kappa shape index (κ2) is 7.33. The van der Waals surface area contributed by atoms with E-state index in [1.807, 2.05) is 54.6 Å². The van der Waals surface area contributed by atoms with E-state index in [1.165, 1.54) is 10.8 Å². The molecular weight excluding hydrogens is 436 g/mol. The lowest BCUT2D eigenvalue weighted by Crippen LogP contribution is -2.38. The number of hydrogen-bond acceptors (Lipinski definition) is 4. The molecule has 2 aromatic carbocycles. The summed E-state index contributed by atoms with van der Waals surface area (Å²) in [6.45, 7) is 3.84. The molecule has 0 aliphatic carbocycles. The predicted octanol–water partition coefficient (Wildman–Crippen LogP) is 3.36. The molecule has 0 saturated carbocycles. The highest BCUT2D eigenvalue weighted by Crippen LogP contribution is 2.41. The number of nitrogens with zero attached hydrogens (tertiary/aromatic N) is 1. The van der Waals surface area contributed by atoms with Crippen LogP contribution in [0.2, 0.25) is 0 Å². The summed E-state index contributed by atoms with van der Waals surface area (Å²) in [5.41, 5.74) is 1.02. The van der Waals surface area contributed by atoms with E-state index < -0.39 is 22.8 Å². The first kappa shape index (κ1) is 19.1. The highest BCUT2D eigenvalue weighted by molar-refractivity contribution is 9.10. The van der Waals surface area contributed by atoms with Crippen molar-refractivity contribution in [2.24, 2.45) is 0 Å². The summed E-state index contributed by atoms with van der Waals surface area (Å²) in [7, 11) is 0. The minimum atomic E-state index is -1.08. The molecule has 1 aromatic heterocycles. The Bertz CT molecular complexity index is 1190. The summed E-state index contributed by atoms with van der Waals surface area (Å²) in [5.74, 6) is -0.492.